The Bertz CT molecular complexity index is 1220. The van der Waals surface area contributed by atoms with Crippen LogP contribution in [0.15, 0.2) is 66.7 Å². The third-order valence-corrected chi connectivity index (χ3v) is 6.11. The molecule has 2 heterocycles. The van der Waals surface area contributed by atoms with Gasteiger partial charge in [-0.05, 0) is 54.8 Å². The number of amides is 1. The molecular formula is C26H27N3O. The number of carbonyl (C=O) groups excluding carboxylic acids is 1. The summed E-state index contributed by atoms with van der Waals surface area (Å²) in [5.41, 5.74) is 6.10. The fourth-order valence-electron chi connectivity index (χ4n) is 4.66. The number of aromatic nitrogens is 1. The summed E-state index contributed by atoms with van der Waals surface area (Å²) in [5, 5.41) is 6.21. The van der Waals surface area contributed by atoms with Gasteiger partial charge in [0.1, 0.15) is 0 Å². The van der Waals surface area contributed by atoms with E-state index >= 15 is 0 Å². The molecule has 1 N–H and O–H groups in total. The van der Waals surface area contributed by atoms with E-state index in [1.165, 1.54) is 32.9 Å². The number of aryl methyl sites for hydroxylation is 1. The van der Waals surface area contributed by atoms with Crippen LogP contribution >= 0.6 is 0 Å². The Morgan fingerprint density at radius 2 is 1.67 bits per heavy atom. The summed E-state index contributed by atoms with van der Waals surface area (Å²) in [4.78, 5) is 13.9. The zero-order valence-electron chi connectivity index (χ0n) is 17.4. The van der Waals surface area contributed by atoms with Crippen LogP contribution in [0, 0.1) is 0 Å². The highest BCUT2D eigenvalue weighted by Gasteiger charge is 2.21. The number of rotatable bonds is 6. The predicted molar refractivity (Wildman–Crippen MR) is 124 cm³/mol. The van der Waals surface area contributed by atoms with Crippen molar-refractivity contribution in [2.24, 2.45) is 0 Å². The van der Waals surface area contributed by atoms with E-state index in [1.807, 2.05) is 17.0 Å². The minimum Gasteiger partial charge on any atom is -0.341 e. The third kappa shape index (κ3) is 3.37. The molecule has 1 aromatic heterocycles. The molecular weight excluding hydrogens is 370 g/mol. The van der Waals surface area contributed by atoms with Crippen molar-refractivity contribution in [2.45, 2.75) is 39.4 Å². The Labute approximate surface area is 177 Å². The van der Waals surface area contributed by atoms with Crippen LogP contribution in [0.5, 0.6) is 0 Å². The van der Waals surface area contributed by atoms with Gasteiger partial charge in [0.15, 0.2) is 0 Å². The fourth-order valence-corrected chi connectivity index (χ4v) is 4.66. The lowest BCUT2D eigenvalue weighted by molar-refractivity contribution is -0.117. The monoisotopic (exact) mass is 397 g/mol. The standard InChI is InChI=1S/C26H27N3O/c1-2-28-24-10-4-3-9-22(24)23-16-20(12-13-25(23)28)18-27-17-19-7-5-8-21(15-19)29-14-6-11-26(29)30/h3-5,7-10,12-13,15-16,27H,2,6,11,14,17-18H2,1H3. The summed E-state index contributed by atoms with van der Waals surface area (Å²) in [6.07, 6.45) is 1.62. The first-order valence-corrected chi connectivity index (χ1v) is 10.8. The molecule has 0 unspecified atom stereocenters. The molecule has 0 atom stereocenters. The van der Waals surface area contributed by atoms with E-state index in [2.05, 4.69) is 71.4 Å². The molecule has 0 spiro atoms. The van der Waals surface area contributed by atoms with Gasteiger partial charge in [-0.25, -0.2) is 0 Å². The molecule has 4 aromatic rings. The molecule has 152 valence electrons. The topological polar surface area (TPSA) is 37.3 Å². The molecule has 1 amide bonds. The van der Waals surface area contributed by atoms with Gasteiger partial charge in [-0.1, -0.05) is 36.4 Å². The molecule has 4 nitrogen and oxygen atoms in total. The molecule has 3 aromatic carbocycles. The molecule has 0 aliphatic carbocycles. The summed E-state index contributed by atoms with van der Waals surface area (Å²) in [5.74, 6) is 0.236. The van der Waals surface area contributed by atoms with Crippen molar-refractivity contribution >= 4 is 33.4 Å². The van der Waals surface area contributed by atoms with Gasteiger partial charge in [0.05, 0.1) is 0 Å². The second-order valence-corrected chi connectivity index (χ2v) is 8.04. The third-order valence-electron chi connectivity index (χ3n) is 6.11. The molecule has 0 radical (unpaired) electrons. The molecule has 4 heteroatoms. The van der Waals surface area contributed by atoms with E-state index in [9.17, 15) is 4.79 Å². The van der Waals surface area contributed by atoms with Gasteiger partial charge < -0.3 is 14.8 Å². The molecule has 30 heavy (non-hydrogen) atoms. The predicted octanol–water partition coefficient (Wildman–Crippen LogP) is 5.23. The van der Waals surface area contributed by atoms with Gasteiger partial charge in [-0.2, -0.15) is 0 Å². The van der Waals surface area contributed by atoms with Crippen molar-refractivity contribution in [1.29, 1.82) is 0 Å². The van der Waals surface area contributed by atoms with Gasteiger partial charge in [0, 0.05) is 60.1 Å². The number of para-hydroxylation sites is 1. The summed E-state index contributed by atoms with van der Waals surface area (Å²) >= 11 is 0. The molecule has 1 aliphatic rings. The van der Waals surface area contributed by atoms with Crippen LogP contribution in [0.3, 0.4) is 0 Å². The van der Waals surface area contributed by atoms with Crippen LogP contribution in [0.1, 0.15) is 30.9 Å². The van der Waals surface area contributed by atoms with E-state index in [4.69, 9.17) is 0 Å². The van der Waals surface area contributed by atoms with Crippen LogP contribution in [-0.2, 0) is 24.4 Å². The molecule has 1 saturated heterocycles. The lowest BCUT2D eigenvalue weighted by Crippen LogP contribution is -2.23. The zero-order chi connectivity index (χ0) is 20.5. The van der Waals surface area contributed by atoms with Gasteiger partial charge in [-0.15, -0.1) is 0 Å². The number of anilines is 1. The highest BCUT2D eigenvalue weighted by atomic mass is 16.2. The van der Waals surface area contributed by atoms with Crippen molar-refractivity contribution in [3.63, 3.8) is 0 Å². The average molecular weight is 398 g/mol. The van der Waals surface area contributed by atoms with Crippen LogP contribution < -0.4 is 10.2 Å². The Hall–Kier alpha value is -3.11. The SMILES string of the molecule is CCn1c2ccccc2c2cc(CNCc3cccc(N4CCCC4=O)c3)ccc21. The number of hydrogen-bond acceptors (Lipinski definition) is 2. The normalized spacial score (nSPS) is 14.3. The Kier molecular flexibility index (Phi) is 5.01. The van der Waals surface area contributed by atoms with E-state index in [1.54, 1.807) is 0 Å². The van der Waals surface area contributed by atoms with Crippen molar-refractivity contribution in [3.8, 4) is 0 Å². The quantitative estimate of drug-likeness (QED) is 0.484. The fraction of sp³-hybridized carbons (Fsp3) is 0.269. The van der Waals surface area contributed by atoms with Crippen molar-refractivity contribution < 1.29 is 4.79 Å². The summed E-state index contributed by atoms with van der Waals surface area (Å²) in [7, 11) is 0. The smallest absolute Gasteiger partial charge is 0.227 e. The minimum atomic E-state index is 0.236. The van der Waals surface area contributed by atoms with Gasteiger partial charge in [0.2, 0.25) is 5.91 Å². The number of nitrogens with zero attached hydrogens (tertiary/aromatic N) is 2. The van der Waals surface area contributed by atoms with Crippen molar-refractivity contribution in [3.05, 3.63) is 77.9 Å². The minimum absolute atomic E-state index is 0.236. The maximum atomic E-state index is 12.0. The number of carbonyl (C=O) groups is 1. The highest BCUT2D eigenvalue weighted by Crippen LogP contribution is 2.29. The lowest BCUT2D eigenvalue weighted by Gasteiger charge is -2.16. The summed E-state index contributed by atoms with van der Waals surface area (Å²) in [6, 6.07) is 23.8. The van der Waals surface area contributed by atoms with Gasteiger partial charge >= 0.3 is 0 Å². The number of hydrogen-bond donors (Lipinski definition) is 1. The van der Waals surface area contributed by atoms with Crippen LogP contribution in [0.25, 0.3) is 21.8 Å². The first-order valence-electron chi connectivity index (χ1n) is 10.8. The molecule has 5 rings (SSSR count). The summed E-state index contributed by atoms with van der Waals surface area (Å²) < 4.78 is 2.38. The first kappa shape index (κ1) is 18.9. The lowest BCUT2D eigenvalue weighted by atomic mass is 10.1. The largest absolute Gasteiger partial charge is 0.341 e. The number of nitrogens with one attached hydrogen (secondary N) is 1. The van der Waals surface area contributed by atoms with E-state index < -0.39 is 0 Å². The Morgan fingerprint density at radius 1 is 0.867 bits per heavy atom. The Balaban J connectivity index is 1.32. The number of benzene rings is 3. The van der Waals surface area contributed by atoms with E-state index in [-0.39, 0.29) is 5.91 Å². The average Bonchev–Trinajstić information content (AvgIpc) is 3.34. The zero-order valence-corrected chi connectivity index (χ0v) is 17.4. The highest BCUT2D eigenvalue weighted by molar-refractivity contribution is 6.08. The maximum absolute atomic E-state index is 12.0. The first-order chi connectivity index (χ1) is 14.7. The van der Waals surface area contributed by atoms with Crippen molar-refractivity contribution in [1.82, 2.24) is 9.88 Å². The van der Waals surface area contributed by atoms with Gasteiger partial charge in [0.25, 0.3) is 0 Å². The van der Waals surface area contributed by atoms with Crippen LogP contribution in [0.4, 0.5) is 5.69 Å². The molecule has 0 saturated carbocycles. The van der Waals surface area contributed by atoms with Crippen LogP contribution in [0.2, 0.25) is 0 Å². The van der Waals surface area contributed by atoms with Crippen LogP contribution in [-0.4, -0.2) is 17.0 Å². The number of fused-ring (bicyclic) bond motifs is 3. The van der Waals surface area contributed by atoms with Gasteiger partial charge in [-0.3, -0.25) is 4.79 Å². The molecule has 0 bridgehead atoms. The summed E-state index contributed by atoms with van der Waals surface area (Å²) in [6.45, 7) is 5.60. The molecule has 1 fully saturated rings. The Morgan fingerprint density at radius 3 is 2.47 bits per heavy atom. The molecule has 1 aliphatic heterocycles. The second-order valence-electron chi connectivity index (χ2n) is 8.04. The van der Waals surface area contributed by atoms with Crippen molar-refractivity contribution in [2.75, 3.05) is 11.4 Å². The van der Waals surface area contributed by atoms with E-state index in [0.717, 1.165) is 38.3 Å². The maximum Gasteiger partial charge on any atom is 0.227 e. The van der Waals surface area contributed by atoms with E-state index in [0.29, 0.717) is 6.42 Å². The second kappa shape index (κ2) is 7.96.